The van der Waals surface area contributed by atoms with Crippen LogP contribution in [0.3, 0.4) is 0 Å². The first kappa shape index (κ1) is 13.7. The second kappa shape index (κ2) is 9.26. The number of hydrogen-bond donors (Lipinski definition) is 1. The second-order valence-corrected chi connectivity index (χ2v) is 5.59. The molecular formula is C11H24S2. The molecule has 0 amide bonds. The van der Waals surface area contributed by atoms with Crippen molar-refractivity contribution in [3.05, 3.63) is 0 Å². The lowest BCUT2D eigenvalue weighted by molar-refractivity contribution is 0.553. The fraction of sp³-hybridized carbons (Fsp3) is 1.00. The lowest BCUT2D eigenvalue weighted by Crippen LogP contribution is -2.00. The van der Waals surface area contributed by atoms with Crippen LogP contribution in [0.5, 0.6) is 0 Å². The molecule has 0 saturated carbocycles. The molecule has 0 N–H and O–H groups in total. The molecule has 0 aliphatic carbocycles. The van der Waals surface area contributed by atoms with Crippen LogP contribution in [0.2, 0.25) is 0 Å². The van der Waals surface area contributed by atoms with Crippen LogP contribution in [0.1, 0.15) is 40.0 Å². The van der Waals surface area contributed by atoms with Crippen LogP contribution in [0.25, 0.3) is 0 Å². The zero-order valence-electron chi connectivity index (χ0n) is 9.25. The van der Waals surface area contributed by atoms with Gasteiger partial charge in [-0.3, -0.25) is 0 Å². The fourth-order valence-electron chi connectivity index (χ4n) is 1.05. The molecule has 0 bridgehead atoms. The molecule has 0 heterocycles. The third-order valence-electron chi connectivity index (χ3n) is 2.48. The smallest absolute Gasteiger partial charge is 0.00419 e. The average molecular weight is 220 g/mol. The first-order valence-electron chi connectivity index (χ1n) is 5.39. The van der Waals surface area contributed by atoms with Crippen molar-refractivity contribution in [1.82, 2.24) is 0 Å². The van der Waals surface area contributed by atoms with Crippen LogP contribution in [0.4, 0.5) is 0 Å². The van der Waals surface area contributed by atoms with E-state index in [1.807, 2.05) is 0 Å². The Morgan fingerprint density at radius 1 is 1.15 bits per heavy atom. The summed E-state index contributed by atoms with van der Waals surface area (Å²) in [6.45, 7) is 6.94. The lowest BCUT2D eigenvalue weighted by Gasteiger charge is -2.11. The van der Waals surface area contributed by atoms with Gasteiger partial charge >= 0.3 is 0 Å². The molecule has 2 atom stereocenters. The maximum atomic E-state index is 4.25. The van der Waals surface area contributed by atoms with Crippen LogP contribution in [0.15, 0.2) is 0 Å². The highest BCUT2D eigenvalue weighted by molar-refractivity contribution is 7.99. The maximum Gasteiger partial charge on any atom is -0.00419 e. The summed E-state index contributed by atoms with van der Waals surface area (Å²) in [5.41, 5.74) is 0. The largest absolute Gasteiger partial charge is 0.179 e. The molecule has 0 aliphatic rings. The molecule has 0 fully saturated rings. The highest BCUT2D eigenvalue weighted by atomic mass is 32.2. The van der Waals surface area contributed by atoms with Crippen molar-refractivity contribution in [2.45, 2.75) is 40.0 Å². The quantitative estimate of drug-likeness (QED) is 0.474. The van der Waals surface area contributed by atoms with Crippen molar-refractivity contribution in [2.75, 3.05) is 17.3 Å². The van der Waals surface area contributed by atoms with E-state index in [0.29, 0.717) is 0 Å². The Bertz CT molecular complexity index is 104. The molecule has 0 aliphatic heterocycles. The minimum absolute atomic E-state index is 0.863. The van der Waals surface area contributed by atoms with Crippen molar-refractivity contribution < 1.29 is 0 Å². The van der Waals surface area contributed by atoms with Crippen molar-refractivity contribution in [3.8, 4) is 0 Å². The summed E-state index contributed by atoms with van der Waals surface area (Å²) in [6.07, 6.45) is 3.95. The average Bonchev–Trinajstić information content (AvgIpc) is 2.12. The predicted molar refractivity (Wildman–Crippen MR) is 69.0 cm³/mol. The lowest BCUT2D eigenvalue weighted by atomic mass is 10.1. The number of thiol groups is 1. The summed E-state index contributed by atoms with van der Waals surface area (Å²) in [7, 11) is 0. The monoisotopic (exact) mass is 220 g/mol. The third-order valence-corrected chi connectivity index (χ3v) is 4.06. The summed E-state index contributed by atoms with van der Waals surface area (Å²) < 4.78 is 0. The van der Waals surface area contributed by atoms with Gasteiger partial charge in [-0.1, -0.05) is 27.2 Å². The van der Waals surface area contributed by atoms with Crippen molar-refractivity contribution in [2.24, 2.45) is 11.8 Å². The van der Waals surface area contributed by atoms with E-state index in [4.69, 9.17) is 0 Å². The van der Waals surface area contributed by atoms with Gasteiger partial charge in [0.2, 0.25) is 0 Å². The van der Waals surface area contributed by atoms with Crippen molar-refractivity contribution in [1.29, 1.82) is 0 Å². The topological polar surface area (TPSA) is 0 Å². The Morgan fingerprint density at radius 2 is 1.85 bits per heavy atom. The molecular weight excluding hydrogens is 196 g/mol. The van der Waals surface area contributed by atoms with Crippen molar-refractivity contribution >= 4 is 24.4 Å². The Labute approximate surface area is 93.7 Å². The molecule has 0 aromatic carbocycles. The molecule has 13 heavy (non-hydrogen) atoms. The minimum atomic E-state index is 0.863. The Kier molecular flexibility index (Phi) is 9.76. The standard InChI is InChI=1S/C11H24S2/c1-4-10(2)9-13-8-6-11(3)5-7-12/h10-12H,4-9H2,1-3H3. The molecule has 0 nitrogen and oxygen atoms in total. The van der Waals surface area contributed by atoms with E-state index in [2.05, 4.69) is 45.2 Å². The molecule has 0 aromatic heterocycles. The summed E-state index contributed by atoms with van der Waals surface area (Å²) in [5, 5.41) is 0. The minimum Gasteiger partial charge on any atom is -0.179 e. The van der Waals surface area contributed by atoms with Gasteiger partial charge in [-0.25, -0.2) is 0 Å². The number of hydrogen-bond acceptors (Lipinski definition) is 2. The third kappa shape index (κ3) is 9.01. The van der Waals surface area contributed by atoms with Crippen LogP contribution in [-0.4, -0.2) is 17.3 Å². The first-order chi connectivity index (χ1) is 6.20. The number of thioether (sulfide) groups is 1. The van der Waals surface area contributed by atoms with E-state index < -0.39 is 0 Å². The van der Waals surface area contributed by atoms with Gasteiger partial charge in [0, 0.05) is 0 Å². The predicted octanol–water partition coefficient (Wildman–Crippen LogP) is 4.11. The maximum absolute atomic E-state index is 4.25. The highest BCUT2D eigenvalue weighted by Crippen LogP contribution is 2.16. The first-order valence-corrected chi connectivity index (χ1v) is 7.18. The van der Waals surface area contributed by atoms with Gasteiger partial charge in [0.1, 0.15) is 0 Å². The van der Waals surface area contributed by atoms with Crippen LogP contribution < -0.4 is 0 Å². The zero-order chi connectivity index (χ0) is 10.1. The number of rotatable bonds is 8. The molecule has 0 spiro atoms. The van der Waals surface area contributed by atoms with E-state index >= 15 is 0 Å². The summed E-state index contributed by atoms with van der Waals surface area (Å²) in [5.74, 6) is 5.47. The van der Waals surface area contributed by atoms with Crippen LogP contribution in [0, 0.1) is 11.8 Å². The molecule has 0 aromatic rings. The Morgan fingerprint density at radius 3 is 2.38 bits per heavy atom. The van der Waals surface area contributed by atoms with Gasteiger partial charge in [0.25, 0.3) is 0 Å². The van der Waals surface area contributed by atoms with Crippen molar-refractivity contribution in [3.63, 3.8) is 0 Å². The molecule has 80 valence electrons. The van der Waals surface area contributed by atoms with E-state index in [1.54, 1.807) is 0 Å². The second-order valence-electron chi connectivity index (χ2n) is 3.99. The molecule has 0 radical (unpaired) electrons. The molecule has 2 unspecified atom stereocenters. The molecule has 0 rings (SSSR count). The van der Waals surface area contributed by atoms with Crippen LogP contribution in [-0.2, 0) is 0 Å². The van der Waals surface area contributed by atoms with Gasteiger partial charge in [0.05, 0.1) is 0 Å². The van der Waals surface area contributed by atoms with E-state index in [-0.39, 0.29) is 0 Å². The normalized spacial score (nSPS) is 15.7. The van der Waals surface area contributed by atoms with Gasteiger partial charge in [-0.05, 0) is 41.9 Å². The van der Waals surface area contributed by atoms with E-state index in [0.717, 1.165) is 17.6 Å². The van der Waals surface area contributed by atoms with Gasteiger partial charge in [-0.2, -0.15) is 24.4 Å². The highest BCUT2D eigenvalue weighted by Gasteiger charge is 2.02. The van der Waals surface area contributed by atoms with E-state index in [1.165, 1.54) is 30.8 Å². The zero-order valence-corrected chi connectivity index (χ0v) is 11.0. The Balaban J connectivity index is 3.15. The summed E-state index contributed by atoms with van der Waals surface area (Å²) >= 11 is 6.36. The fourth-order valence-corrected chi connectivity index (χ4v) is 2.87. The van der Waals surface area contributed by atoms with E-state index in [9.17, 15) is 0 Å². The van der Waals surface area contributed by atoms with Gasteiger partial charge in [0.15, 0.2) is 0 Å². The summed E-state index contributed by atoms with van der Waals surface area (Å²) in [6, 6.07) is 0. The van der Waals surface area contributed by atoms with Crippen LogP contribution >= 0.6 is 24.4 Å². The Hall–Kier alpha value is 0.700. The van der Waals surface area contributed by atoms with Gasteiger partial charge < -0.3 is 0 Å². The molecule has 0 saturated heterocycles. The SMILES string of the molecule is CCC(C)CSCCC(C)CCS. The summed E-state index contributed by atoms with van der Waals surface area (Å²) in [4.78, 5) is 0. The molecule has 2 heteroatoms. The van der Waals surface area contributed by atoms with Gasteiger partial charge in [-0.15, -0.1) is 0 Å².